The standard InChI is InChI=1S/C23H36O/c1-21-11-8-17(24)14-16(21)6-7-18-19(21)9-13-23(3)20(18)10-12-22(23,2)15-4-5-15/h15-16,18-20H,4-14H2,1-3H3/t16?,18?,19-,20-,21-,22+,23-/m0/s1. The summed E-state index contributed by atoms with van der Waals surface area (Å²) in [5, 5.41) is 0. The van der Waals surface area contributed by atoms with E-state index in [0.717, 1.165) is 36.5 Å². The number of hydrogen-bond donors (Lipinski definition) is 0. The summed E-state index contributed by atoms with van der Waals surface area (Å²) >= 11 is 0. The van der Waals surface area contributed by atoms with Gasteiger partial charge in [-0.25, -0.2) is 0 Å². The van der Waals surface area contributed by atoms with Gasteiger partial charge in [-0.3, -0.25) is 4.79 Å². The zero-order valence-electron chi connectivity index (χ0n) is 16.1. The second-order valence-electron chi connectivity index (χ2n) is 11.1. The number of hydrogen-bond acceptors (Lipinski definition) is 1. The summed E-state index contributed by atoms with van der Waals surface area (Å²) < 4.78 is 0. The maximum absolute atomic E-state index is 12.0. The number of rotatable bonds is 1. The van der Waals surface area contributed by atoms with E-state index in [4.69, 9.17) is 0 Å². The lowest BCUT2D eigenvalue weighted by atomic mass is 9.43. The van der Waals surface area contributed by atoms with Crippen LogP contribution in [0.5, 0.6) is 0 Å². The van der Waals surface area contributed by atoms with Gasteiger partial charge >= 0.3 is 0 Å². The van der Waals surface area contributed by atoms with Crippen LogP contribution in [0.15, 0.2) is 0 Å². The molecule has 0 aromatic carbocycles. The lowest BCUT2D eigenvalue weighted by molar-refractivity contribution is -0.144. The molecule has 0 amide bonds. The lowest BCUT2D eigenvalue weighted by Gasteiger charge is -2.61. The molecule has 5 aliphatic carbocycles. The van der Waals surface area contributed by atoms with Gasteiger partial charge in [0, 0.05) is 12.8 Å². The lowest BCUT2D eigenvalue weighted by Crippen LogP contribution is -2.55. The van der Waals surface area contributed by atoms with Crippen LogP contribution in [0.2, 0.25) is 0 Å². The number of carbonyl (C=O) groups excluding carboxylic acids is 1. The van der Waals surface area contributed by atoms with Gasteiger partial charge in [0.15, 0.2) is 0 Å². The molecule has 0 aromatic heterocycles. The highest BCUT2D eigenvalue weighted by Crippen LogP contribution is 2.73. The molecule has 7 atom stereocenters. The summed E-state index contributed by atoms with van der Waals surface area (Å²) in [6.45, 7) is 7.94. The molecule has 134 valence electrons. The Kier molecular flexibility index (Phi) is 3.24. The van der Waals surface area contributed by atoms with E-state index >= 15 is 0 Å². The molecule has 5 rings (SSSR count). The second-order valence-corrected chi connectivity index (χ2v) is 11.1. The molecule has 24 heavy (non-hydrogen) atoms. The average Bonchev–Trinajstić information content (AvgIpc) is 3.36. The van der Waals surface area contributed by atoms with Crippen molar-refractivity contribution in [3.63, 3.8) is 0 Å². The fourth-order valence-corrected chi connectivity index (χ4v) is 8.74. The van der Waals surface area contributed by atoms with E-state index in [1.165, 1.54) is 57.8 Å². The number of fused-ring (bicyclic) bond motifs is 5. The molecule has 0 spiro atoms. The molecule has 0 bridgehead atoms. The zero-order chi connectivity index (χ0) is 16.7. The first-order chi connectivity index (χ1) is 11.4. The van der Waals surface area contributed by atoms with Gasteiger partial charge in [0.05, 0.1) is 0 Å². The first-order valence-electron chi connectivity index (χ1n) is 10.9. The largest absolute Gasteiger partial charge is 0.300 e. The predicted molar refractivity (Wildman–Crippen MR) is 97.6 cm³/mol. The number of carbonyl (C=O) groups is 1. The van der Waals surface area contributed by atoms with Crippen molar-refractivity contribution in [2.24, 2.45) is 45.8 Å². The van der Waals surface area contributed by atoms with Gasteiger partial charge in [-0.1, -0.05) is 20.8 Å². The summed E-state index contributed by atoms with van der Waals surface area (Å²) in [4.78, 5) is 12.0. The van der Waals surface area contributed by atoms with Crippen molar-refractivity contribution in [3.8, 4) is 0 Å². The Labute approximate surface area is 148 Å². The topological polar surface area (TPSA) is 17.1 Å². The highest BCUT2D eigenvalue weighted by Gasteiger charge is 2.65. The van der Waals surface area contributed by atoms with Crippen molar-refractivity contribution in [3.05, 3.63) is 0 Å². The van der Waals surface area contributed by atoms with Crippen molar-refractivity contribution >= 4 is 5.78 Å². The van der Waals surface area contributed by atoms with Crippen LogP contribution >= 0.6 is 0 Å². The molecule has 5 aliphatic rings. The molecule has 0 aliphatic heterocycles. The third-order valence-electron chi connectivity index (χ3n) is 10.6. The van der Waals surface area contributed by atoms with Crippen LogP contribution in [-0.4, -0.2) is 5.78 Å². The first-order valence-corrected chi connectivity index (χ1v) is 10.9. The number of Topliss-reactive ketones (excluding diaryl/α,β-unsaturated/α-hetero) is 1. The molecule has 0 heterocycles. The monoisotopic (exact) mass is 328 g/mol. The normalized spacial score (nSPS) is 57.2. The predicted octanol–water partition coefficient (Wildman–Crippen LogP) is 6.01. The zero-order valence-corrected chi connectivity index (χ0v) is 16.1. The van der Waals surface area contributed by atoms with Gasteiger partial charge in [0.25, 0.3) is 0 Å². The Bertz CT molecular complexity index is 562. The summed E-state index contributed by atoms with van der Waals surface area (Å²) in [7, 11) is 0. The second kappa shape index (κ2) is 4.89. The smallest absolute Gasteiger partial charge is 0.133 e. The molecule has 0 N–H and O–H groups in total. The molecule has 2 unspecified atom stereocenters. The molecule has 5 saturated carbocycles. The fourth-order valence-electron chi connectivity index (χ4n) is 8.74. The van der Waals surface area contributed by atoms with Gasteiger partial charge < -0.3 is 0 Å². The van der Waals surface area contributed by atoms with Crippen LogP contribution in [0, 0.1) is 45.8 Å². The first kappa shape index (κ1) is 15.9. The van der Waals surface area contributed by atoms with Crippen LogP contribution in [-0.2, 0) is 4.79 Å². The van der Waals surface area contributed by atoms with E-state index in [2.05, 4.69) is 20.8 Å². The molecule has 0 aromatic rings. The van der Waals surface area contributed by atoms with E-state index in [0.29, 0.717) is 27.9 Å². The van der Waals surface area contributed by atoms with Crippen LogP contribution in [0.1, 0.15) is 91.4 Å². The van der Waals surface area contributed by atoms with Crippen molar-refractivity contribution in [1.82, 2.24) is 0 Å². The van der Waals surface area contributed by atoms with Crippen LogP contribution in [0.25, 0.3) is 0 Å². The average molecular weight is 329 g/mol. The Morgan fingerprint density at radius 1 is 0.750 bits per heavy atom. The minimum absolute atomic E-state index is 0.483. The molecular formula is C23H36O. The van der Waals surface area contributed by atoms with E-state index in [1.54, 1.807) is 0 Å². The third-order valence-corrected chi connectivity index (χ3v) is 10.6. The van der Waals surface area contributed by atoms with Gasteiger partial charge in [-0.05, 0) is 104 Å². The Balaban J connectivity index is 1.46. The van der Waals surface area contributed by atoms with Gasteiger partial charge in [-0.15, -0.1) is 0 Å². The minimum atomic E-state index is 0.483. The molecule has 0 saturated heterocycles. The molecule has 1 heteroatoms. The Morgan fingerprint density at radius 3 is 2.17 bits per heavy atom. The fraction of sp³-hybridized carbons (Fsp3) is 0.957. The van der Waals surface area contributed by atoms with Crippen molar-refractivity contribution in [2.75, 3.05) is 0 Å². The molecule has 5 fully saturated rings. The van der Waals surface area contributed by atoms with E-state index in [-0.39, 0.29) is 0 Å². The number of ketones is 1. The summed E-state index contributed by atoms with van der Waals surface area (Å²) in [6, 6.07) is 0. The summed E-state index contributed by atoms with van der Waals surface area (Å²) in [5.74, 6) is 5.18. The third kappa shape index (κ3) is 1.85. The van der Waals surface area contributed by atoms with E-state index in [9.17, 15) is 4.79 Å². The van der Waals surface area contributed by atoms with Crippen molar-refractivity contribution in [2.45, 2.75) is 91.4 Å². The van der Waals surface area contributed by atoms with Crippen molar-refractivity contribution < 1.29 is 4.79 Å². The van der Waals surface area contributed by atoms with Gasteiger partial charge in [0.1, 0.15) is 5.78 Å². The molecular weight excluding hydrogens is 292 g/mol. The Morgan fingerprint density at radius 2 is 1.42 bits per heavy atom. The quantitative estimate of drug-likeness (QED) is 0.575. The maximum atomic E-state index is 12.0. The highest BCUT2D eigenvalue weighted by atomic mass is 16.1. The van der Waals surface area contributed by atoms with E-state index < -0.39 is 0 Å². The van der Waals surface area contributed by atoms with E-state index in [1.807, 2.05) is 0 Å². The molecule has 0 radical (unpaired) electrons. The highest BCUT2D eigenvalue weighted by molar-refractivity contribution is 5.79. The Hall–Kier alpha value is -0.330. The SMILES string of the molecule is C[C@]12CCC(=O)CC1CCC1[C@@H]2CC[C@@]2(C)[C@H]1CC[C@]2(C)C1CC1. The summed E-state index contributed by atoms with van der Waals surface area (Å²) in [6.07, 6.45) is 14.7. The van der Waals surface area contributed by atoms with Gasteiger partial charge in [0.2, 0.25) is 0 Å². The van der Waals surface area contributed by atoms with Crippen LogP contribution < -0.4 is 0 Å². The van der Waals surface area contributed by atoms with Crippen molar-refractivity contribution in [1.29, 1.82) is 0 Å². The van der Waals surface area contributed by atoms with Crippen LogP contribution in [0.4, 0.5) is 0 Å². The minimum Gasteiger partial charge on any atom is -0.300 e. The van der Waals surface area contributed by atoms with Crippen LogP contribution in [0.3, 0.4) is 0 Å². The van der Waals surface area contributed by atoms with Gasteiger partial charge in [-0.2, -0.15) is 0 Å². The molecule has 1 nitrogen and oxygen atoms in total. The maximum Gasteiger partial charge on any atom is 0.133 e. The summed E-state index contributed by atoms with van der Waals surface area (Å²) in [5.41, 5.74) is 1.74.